The summed E-state index contributed by atoms with van der Waals surface area (Å²) in [5, 5.41) is 2.30. The van der Waals surface area contributed by atoms with Crippen LogP contribution in [0.2, 0.25) is 0 Å². The number of amides is 3. The number of likely N-dealkylation sites (tertiary alicyclic amines) is 1. The first kappa shape index (κ1) is 31.5. The molecule has 5 rings (SSSR count). The third-order valence-electron chi connectivity index (χ3n) is 7.62. The summed E-state index contributed by atoms with van der Waals surface area (Å²) in [6, 6.07) is 12.9. The Balaban J connectivity index is 1.25. The number of aryl methyl sites for hydroxylation is 1. The number of carbonyl (C=O) groups is 4. The van der Waals surface area contributed by atoms with Crippen molar-refractivity contribution in [2.24, 2.45) is 7.05 Å². The van der Waals surface area contributed by atoms with Crippen LogP contribution in [0.15, 0.2) is 53.3 Å². The van der Waals surface area contributed by atoms with Crippen LogP contribution >= 0.6 is 0 Å². The fourth-order valence-corrected chi connectivity index (χ4v) is 5.46. The molecule has 12 nitrogen and oxygen atoms in total. The average molecular weight is 617 g/mol. The number of ether oxygens (including phenoxy) is 3. The predicted molar refractivity (Wildman–Crippen MR) is 163 cm³/mol. The van der Waals surface area contributed by atoms with Crippen LogP contribution in [-0.2, 0) is 42.2 Å². The fraction of sp³-hybridized carbons (Fsp3) is 0.424. The van der Waals surface area contributed by atoms with Crippen LogP contribution in [0.1, 0.15) is 57.2 Å². The van der Waals surface area contributed by atoms with E-state index >= 15 is 0 Å². The van der Waals surface area contributed by atoms with Crippen molar-refractivity contribution in [1.29, 1.82) is 0 Å². The molecule has 3 heterocycles. The molecule has 0 bridgehead atoms. The number of carbonyl (C=O) groups excluding carboxylic acids is 4. The van der Waals surface area contributed by atoms with Gasteiger partial charge in [-0.05, 0) is 51.0 Å². The number of nitrogens with zero attached hydrogens (tertiary/aromatic N) is 3. The van der Waals surface area contributed by atoms with Crippen molar-refractivity contribution in [3.63, 3.8) is 0 Å². The Morgan fingerprint density at radius 1 is 1.04 bits per heavy atom. The van der Waals surface area contributed by atoms with Gasteiger partial charge in [0.15, 0.2) is 0 Å². The highest BCUT2D eigenvalue weighted by Gasteiger charge is 2.43. The monoisotopic (exact) mass is 616 g/mol. The molecule has 2 fully saturated rings. The SMILES string of the molecule is Cn1c(=O)n(C2CCC(=O)NC2=O)c2ccc(C#CCO[C@H]3C[C@H](C(=O)OCc4ccccc4)N(C(=O)OC(C)(C)C)C3)cc21. The quantitative estimate of drug-likeness (QED) is 0.254. The lowest BCUT2D eigenvalue weighted by Gasteiger charge is -2.27. The Labute approximate surface area is 260 Å². The number of piperidine rings is 1. The first-order valence-electron chi connectivity index (χ1n) is 14.8. The third kappa shape index (κ3) is 7.26. The van der Waals surface area contributed by atoms with Gasteiger partial charge in [-0.25, -0.2) is 14.4 Å². The summed E-state index contributed by atoms with van der Waals surface area (Å²) in [7, 11) is 1.62. The summed E-state index contributed by atoms with van der Waals surface area (Å²) < 4.78 is 19.9. The van der Waals surface area contributed by atoms with Gasteiger partial charge in [-0.3, -0.25) is 28.9 Å². The van der Waals surface area contributed by atoms with Gasteiger partial charge < -0.3 is 14.2 Å². The van der Waals surface area contributed by atoms with Gasteiger partial charge in [0, 0.05) is 25.5 Å². The van der Waals surface area contributed by atoms with Gasteiger partial charge in [-0.15, -0.1) is 0 Å². The van der Waals surface area contributed by atoms with E-state index in [2.05, 4.69) is 17.2 Å². The predicted octanol–water partition coefficient (Wildman–Crippen LogP) is 2.81. The van der Waals surface area contributed by atoms with Crippen molar-refractivity contribution in [2.75, 3.05) is 13.2 Å². The minimum atomic E-state index is -0.862. The number of imidazole rings is 1. The summed E-state index contributed by atoms with van der Waals surface area (Å²) in [6.45, 7) is 5.53. The molecule has 2 saturated heterocycles. The molecule has 0 saturated carbocycles. The lowest BCUT2D eigenvalue weighted by Crippen LogP contribution is -2.44. The van der Waals surface area contributed by atoms with E-state index in [4.69, 9.17) is 14.2 Å². The number of nitrogens with one attached hydrogen (secondary N) is 1. The molecule has 3 aromatic rings. The second kappa shape index (κ2) is 13.0. The molecule has 1 N–H and O–H groups in total. The Morgan fingerprint density at radius 2 is 1.80 bits per heavy atom. The van der Waals surface area contributed by atoms with E-state index in [1.54, 1.807) is 46.0 Å². The maximum atomic E-state index is 13.0. The van der Waals surface area contributed by atoms with Crippen LogP contribution in [0.4, 0.5) is 4.79 Å². The number of imide groups is 1. The molecule has 3 amide bonds. The first-order valence-corrected chi connectivity index (χ1v) is 14.8. The van der Waals surface area contributed by atoms with Gasteiger partial charge in [0.05, 0.1) is 23.7 Å². The molecule has 3 atom stereocenters. The molecule has 1 aromatic heterocycles. The molecule has 1 unspecified atom stereocenters. The molecule has 0 radical (unpaired) electrons. The zero-order valence-electron chi connectivity index (χ0n) is 25.7. The standard InChI is InChI=1S/C33H36N4O8/c1-33(2,3)45-32(42)36-19-23(18-27(36)30(40)44-20-22-9-6-5-7-10-22)43-16-8-11-21-12-13-24-26(17-21)35(4)31(41)37(24)25-14-15-28(38)34-29(25)39/h5-7,9-10,12-13,17,23,25,27H,14-16,18-20H2,1-4H3,(H,34,38,39)/t23-,25?,27+/m0/s1. The summed E-state index contributed by atoms with van der Waals surface area (Å²) in [5.41, 5.74) is 1.52. The number of fused-ring (bicyclic) bond motifs is 1. The smallest absolute Gasteiger partial charge is 0.411 e. The second-order valence-electron chi connectivity index (χ2n) is 12.1. The molecule has 236 valence electrons. The van der Waals surface area contributed by atoms with Gasteiger partial charge in [0.2, 0.25) is 11.8 Å². The summed E-state index contributed by atoms with van der Waals surface area (Å²) in [6.07, 6.45) is -0.442. The number of rotatable bonds is 6. The van der Waals surface area contributed by atoms with E-state index in [9.17, 15) is 24.0 Å². The van der Waals surface area contributed by atoms with Gasteiger partial charge in [-0.2, -0.15) is 0 Å². The summed E-state index contributed by atoms with van der Waals surface area (Å²) >= 11 is 0. The van der Waals surface area contributed by atoms with E-state index in [0.29, 0.717) is 16.6 Å². The normalized spacial score (nSPS) is 20.0. The highest BCUT2D eigenvalue weighted by molar-refractivity contribution is 6.00. The Bertz CT molecular complexity index is 1740. The minimum Gasteiger partial charge on any atom is -0.459 e. The lowest BCUT2D eigenvalue weighted by molar-refractivity contribution is -0.150. The Hall–Kier alpha value is -4.89. The molecule has 2 aliphatic heterocycles. The lowest BCUT2D eigenvalue weighted by atomic mass is 10.1. The van der Waals surface area contributed by atoms with Crippen molar-refractivity contribution in [2.45, 2.75) is 70.4 Å². The van der Waals surface area contributed by atoms with Crippen molar-refractivity contribution in [3.05, 3.63) is 70.1 Å². The van der Waals surface area contributed by atoms with Crippen molar-refractivity contribution in [3.8, 4) is 11.8 Å². The number of benzene rings is 2. The second-order valence-corrected chi connectivity index (χ2v) is 12.1. The van der Waals surface area contributed by atoms with Crippen LogP contribution in [0, 0.1) is 11.8 Å². The van der Waals surface area contributed by atoms with E-state index in [1.165, 1.54) is 14.0 Å². The van der Waals surface area contributed by atoms with Crippen LogP contribution in [0.5, 0.6) is 0 Å². The number of esters is 1. The number of aromatic nitrogens is 2. The van der Waals surface area contributed by atoms with Crippen LogP contribution in [0.3, 0.4) is 0 Å². The molecule has 12 heteroatoms. The number of hydrogen-bond donors (Lipinski definition) is 1. The van der Waals surface area contributed by atoms with E-state index in [-0.39, 0.29) is 50.6 Å². The summed E-state index contributed by atoms with van der Waals surface area (Å²) in [5.74, 6) is 4.61. The van der Waals surface area contributed by atoms with Crippen LogP contribution in [0.25, 0.3) is 11.0 Å². The van der Waals surface area contributed by atoms with Crippen molar-refractivity contribution >= 4 is 34.9 Å². The topological polar surface area (TPSA) is 138 Å². The molecule has 2 aromatic carbocycles. The van der Waals surface area contributed by atoms with Gasteiger partial charge >= 0.3 is 17.8 Å². The fourth-order valence-electron chi connectivity index (χ4n) is 5.46. The molecule has 0 spiro atoms. The highest BCUT2D eigenvalue weighted by atomic mass is 16.6. The molecular weight excluding hydrogens is 580 g/mol. The largest absolute Gasteiger partial charge is 0.459 e. The van der Waals surface area contributed by atoms with Gasteiger partial charge in [0.1, 0.15) is 30.9 Å². The zero-order valence-corrected chi connectivity index (χ0v) is 25.7. The highest BCUT2D eigenvalue weighted by Crippen LogP contribution is 2.26. The molecule has 45 heavy (non-hydrogen) atoms. The van der Waals surface area contributed by atoms with E-state index in [1.807, 2.05) is 30.3 Å². The van der Waals surface area contributed by atoms with Gasteiger partial charge in [0.25, 0.3) is 0 Å². The molecule has 0 aliphatic carbocycles. The van der Waals surface area contributed by atoms with E-state index < -0.39 is 41.8 Å². The minimum absolute atomic E-state index is 0.0346. The Morgan fingerprint density at radius 3 is 2.51 bits per heavy atom. The first-order chi connectivity index (χ1) is 21.4. The van der Waals surface area contributed by atoms with Crippen molar-refractivity contribution < 1.29 is 33.4 Å². The maximum absolute atomic E-state index is 13.0. The maximum Gasteiger partial charge on any atom is 0.411 e. The molecule has 2 aliphatic rings. The van der Waals surface area contributed by atoms with E-state index in [0.717, 1.165) is 5.56 Å². The van der Waals surface area contributed by atoms with Crippen molar-refractivity contribution in [1.82, 2.24) is 19.4 Å². The average Bonchev–Trinajstić information content (AvgIpc) is 3.53. The third-order valence-corrected chi connectivity index (χ3v) is 7.62. The zero-order chi connectivity index (χ0) is 32.3. The summed E-state index contributed by atoms with van der Waals surface area (Å²) in [4.78, 5) is 64.4. The molecular formula is C33H36N4O8. The number of hydrogen-bond acceptors (Lipinski definition) is 8. The van der Waals surface area contributed by atoms with Crippen LogP contribution in [-0.4, -0.2) is 68.8 Å². The van der Waals surface area contributed by atoms with Gasteiger partial charge in [-0.1, -0.05) is 42.2 Å². The Kier molecular flexibility index (Phi) is 9.11. The van der Waals surface area contributed by atoms with Crippen LogP contribution < -0.4 is 11.0 Å².